The van der Waals surface area contributed by atoms with Gasteiger partial charge < -0.3 is 0 Å². The second-order valence-electron chi connectivity index (χ2n) is 3.42. The van der Waals surface area contributed by atoms with E-state index in [0.717, 1.165) is 10.6 Å². The van der Waals surface area contributed by atoms with Crippen LogP contribution >= 0.6 is 11.3 Å². The molecule has 0 amide bonds. The average Bonchev–Trinajstić information content (AvgIpc) is 2.76. The Kier molecular flexibility index (Phi) is 3.13. The van der Waals surface area contributed by atoms with Gasteiger partial charge >= 0.3 is 0 Å². The van der Waals surface area contributed by atoms with Crippen LogP contribution < -0.4 is 0 Å². The number of nitrogens with zero attached hydrogens (tertiary/aromatic N) is 2. The molecule has 16 heavy (non-hydrogen) atoms. The fourth-order valence-electron chi connectivity index (χ4n) is 1.27. The largest absolute Gasteiger partial charge is 0.244 e. The van der Waals surface area contributed by atoms with Crippen molar-refractivity contribution in [3.8, 4) is 6.07 Å². The number of nitriles is 1. The maximum atomic E-state index is 8.82. The summed E-state index contributed by atoms with van der Waals surface area (Å²) in [5.74, 6) is 0. The van der Waals surface area contributed by atoms with Gasteiger partial charge in [0.1, 0.15) is 11.1 Å². The first-order valence-electron chi connectivity index (χ1n) is 4.88. The van der Waals surface area contributed by atoms with Gasteiger partial charge in [-0.25, -0.2) is 4.99 Å². The first-order chi connectivity index (χ1) is 7.79. The first kappa shape index (κ1) is 10.6. The summed E-state index contributed by atoms with van der Waals surface area (Å²) in [6.45, 7) is 2.05. The highest BCUT2D eigenvalue weighted by molar-refractivity contribution is 7.14. The summed E-state index contributed by atoms with van der Waals surface area (Å²) in [6.07, 6.45) is 1.78. The van der Waals surface area contributed by atoms with Gasteiger partial charge in [0.25, 0.3) is 0 Å². The Morgan fingerprint density at radius 3 is 2.69 bits per heavy atom. The highest BCUT2D eigenvalue weighted by atomic mass is 32.1. The average molecular weight is 226 g/mol. The summed E-state index contributed by atoms with van der Waals surface area (Å²) in [6, 6.07) is 12.0. The highest BCUT2D eigenvalue weighted by Gasteiger charge is 1.99. The molecule has 0 aliphatic carbocycles. The third-order valence-electron chi connectivity index (χ3n) is 2.17. The van der Waals surface area contributed by atoms with Crippen molar-refractivity contribution in [2.24, 2.45) is 4.99 Å². The maximum Gasteiger partial charge on any atom is 0.133 e. The van der Waals surface area contributed by atoms with Crippen molar-refractivity contribution >= 4 is 22.6 Å². The molecule has 0 aliphatic heterocycles. The minimum Gasteiger partial charge on any atom is -0.244 e. The molecule has 1 heterocycles. The Balaban J connectivity index is 2.22. The molecule has 0 aliphatic rings. The van der Waals surface area contributed by atoms with Crippen LogP contribution in [0.15, 0.2) is 40.7 Å². The quantitative estimate of drug-likeness (QED) is 0.719. The van der Waals surface area contributed by atoms with Crippen molar-refractivity contribution in [1.29, 1.82) is 5.26 Å². The summed E-state index contributed by atoms with van der Waals surface area (Å²) >= 11 is 1.48. The second-order valence-corrected chi connectivity index (χ2v) is 4.31. The van der Waals surface area contributed by atoms with Crippen molar-refractivity contribution in [2.45, 2.75) is 6.92 Å². The van der Waals surface area contributed by atoms with E-state index in [4.69, 9.17) is 5.26 Å². The Hall–Kier alpha value is -1.92. The van der Waals surface area contributed by atoms with E-state index >= 15 is 0 Å². The van der Waals surface area contributed by atoms with Crippen LogP contribution in [-0.4, -0.2) is 6.21 Å². The van der Waals surface area contributed by atoms with Gasteiger partial charge in [-0.05, 0) is 23.9 Å². The topological polar surface area (TPSA) is 36.1 Å². The van der Waals surface area contributed by atoms with E-state index < -0.39 is 0 Å². The minimum absolute atomic E-state index is 0.633. The molecule has 0 fully saturated rings. The van der Waals surface area contributed by atoms with Crippen LogP contribution in [0.3, 0.4) is 0 Å². The van der Waals surface area contributed by atoms with E-state index in [1.807, 2.05) is 36.6 Å². The Bertz CT molecular complexity index is 544. The molecule has 0 saturated carbocycles. The normalized spacial score (nSPS) is 10.5. The molecule has 2 rings (SSSR count). The van der Waals surface area contributed by atoms with Crippen LogP contribution in [0.1, 0.15) is 16.7 Å². The Labute approximate surface area is 98.5 Å². The summed E-state index contributed by atoms with van der Waals surface area (Å²) in [7, 11) is 0. The minimum atomic E-state index is 0.633. The first-order valence-corrected chi connectivity index (χ1v) is 5.76. The standard InChI is InChI=1S/C13H10N2S/c1-10-2-4-11(5-3-10)9-15-13-12(8-14)6-7-16-13/h2-7,9H,1H3/b15-9+. The van der Waals surface area contributed by atoms with Gasteiger partial charge in [0.15, 0.2) is 0 Å². The van der Waals surface area contributed by atoms with Crippen molar-refractivity contribution in [3.05, 3.63) is 52.4 Å². The zero-order valence-corrected chi connectivity index (χ0v) is 9.66. The number of hydrogen-bond acceptors (Lipinski definition) is 3. The van der Waals surface area contributed by atoms with Gasteiger partial charge in [0.2, 0.25) is 0 Å². The van der Waals surface area contributed by atoms with Crippen LogP contribution in [-0.2, 0) is 0 Å². The SMILES string of the molecule is Cc1ccc(/C=N/c2sccc2C#N)cc1. The van der Waals surface area contributed by atoms with Crippen LogP contribution in [0.5, 0.6) is 0 Å². The summed E-state index contributed by atoms with van der Waals surface area (Å²) in [5.41, 5.74) is 2.90. The molecular formula is C13H10N2S. The van der Waals surface area contributed by atoms with Gasteiger partial charge in [0.05, 0.1) is 5.56 Å². The van der Waals surface area contributed by atoms with Gasteiger partial charge in [-0.2, -0.15) is 5.26 Å². The molecule has 0 bridgehead atoms. The van der Waals surface area contributed by atoms with Crippen LogP contribution in [0.2, 0.25) is 0 Å². The Morgan fingerprint density at radius 2 is 2.00 bits per heavy atom. The predicted octanol–water partition coefficient (Wildman–Crippen LogP) is 3.68. The molecule has 0 unspecified atom stereocenters. The fraction of sp³-hybridized carbons (Fsp3) is 0.0769. The lowest BCUT2D eigenvalue weighted by Gasteiger charge is -1.93. The van der Waals surface area contributed by atoms with E-state index in [1.54, 1.807) is 12.3 Å². The summed E-state index contributed by atoms with van der Waals surface area (Å²) < 4.78 is 0. The number of rotatable bonds is 2. The smallest absolute Gasteiger partial charge is 0.133 e. The number of benzene rings is 1. The Morgan fingerprint density at radius 1 is 1.25 bits per heavy atom. The highest BCUT2D eigenvalue weighted by Crippen LogP contribution is 2.25. The molecule has 2 aromatic rings. The molecule has 0 radical (unpaired) electrons. The molecular weight excluding hydrogens is 216 g/mol. The monoisotopic (exact) mass is 226 g/mol. The predicted molar refractivity (Wildman–Crippen MR) is 67.5 cm³/mol. The van der Waals surface area contributed by atoms with Crippen LogP contribution in [0.4, 0.5) is 5.00 Å². The molecule has 1 aromatic carbocycles. The summed E-state index contributed by atoms with van der Waals surface area (Å²) in [5, 5.41) is 11.5. The zero-order valence-electron chi connectivity index (χ0n) is 8.84. The van der Waals surface area contributed by atoms with Crippen LogP contribution in [0.25, 0.3) is 0 Å². The van der Waals surface area contributed by atoms with Gasteiger partial charge in [-0.15, -0.1) is 11.3 Å². The van der Waals surface area contributed by atoms with E-state index in [-0.39, 0.29) is 0 Å². The third-order valence-corrected chi connectivity index (χ3v) is 2.99. The molecule has 3 heteroatoms. The molecule has 2 nitrogen and oxygen atoms in total. The van der Waals surface area contributed by atoms with E-state index in [1.165, 1.54) is 16.9 Å². The lowest BCUT2D eigenvalue weighted by atomic mass is 10.2. The van der Waals surface area contributed by atoms with Crippen molar-refractivity contribution in [1.82, 2.24) is 0 Å². The number of thiophene rings is 1. The van der Waals surface area contributed by atoms with Crippen LogP contribution in [0, 0.1) is 18.3 Å². The molecule has 0 spiro atoms. The van der Waals surface area contributed by atoms with Crippen molar-refractivity contribution in [3.63, 3.8) is 0 Å². The van der Waals surface area contributed by atoms with E-state index in [0.29, 0.717) is 5.56 Å². The maximum absolute atomic E-state index is 8.82. The zero-order chi connectivity index (χ0) is 11.4. The molecule has 0 N–H and O–H groups in total. The van der Waals surface area contributed by atoms with Gasteiger partial charge in [0, 0.05) is 6.21 Å². The fourth-order valence-corrected chi connectivity index (χ4v) is 1.96. The van der Waals surface area contributed by atoms with Crippen molar-refractivity contribution in [2.75, 3.05) is 0 Å². The van der Waals surface area contributed by atoms with E-state index in [9.17, 15) is 0 Å². The molecule has 0 saturated heterocycles. The third kappa shape index (κ3) is 2.36. The number of hydrogen-bond donors (Lipinski definition) is 0. The summed E-state index contributed by atoms with van der Waals surface area (Å²) in [4.78, 5) is 4.31. The second kappa shape index (κ2) is 4.73. The number of aryl methyl sites for hydroxylation is 1. The lowest BCUT2D eigenvalue weighted by molar-refractivity contribution is 1.46. The van der Waals surface area contributed by atoms with Gasteiger partial charge in [-0.3, -0.25) is 0 Å². The van der Waals surface area contributed by atoms with E-state index in [2.05, 4.69) is 11.1 Å². The number of aliphatic imine (C=N–C) groups is 1. The molecule has 78 valence electrons. The van der Waals surface area contributed by atoms with Crippen molar-refractivity contribution < 1.29 is 0 Å². The molecule has 0 atom stereocenters. The molecule has 1 aromatic heterocycles. The van der Waals surface area contributed by atoms with Gasteiger partial charge in [-0.1, -0.05) is 29.8 Å². The lowest BCUT2D eigenvalue weighted by Crippen LogP contribution is -1.80.